The Labute approximate surface area is 90.4 Å². The van der Waals surface area contributed by atoms with Crippen molar-refractivity contribution < 1.29 is 0 Å². The van der Waals surface area contributed by atoms with Crippen LogP contribution in [0.2, 0.25) is 5.02 Å². The third-order valence-corrected chi connectivity index (χ3v) is 2.66. The van der Waals surface area contributed by atoms with E-state index >= 15 is 0 Å². The zero-order valence-electron chi connectivity index (χ0n) is 8.52. The molecule has 78 valence electrons. The summed E-state index contributed by atoms with van der Waals surface area (Å²) in [5, 5.41) is 4.17. The molecule has 0 saturated heterocycles. The Hall–Kier alpha value is -0.570. The quantitative estimate of drug-likeness (QED) is 0.734. The molecule has 0 aromatic heterocycles. The molecule has 0 atom stereocenters. The number of nitrogens with one attached hydrogen (secondary N) is 1. The molecule has 3 heteroatoms. The highest BCUT2D eigenvalue weighted by atomic mass is 35.5. The molecule has 1 aromatic rings. The SMILES string of the molecule is Cc1c(Cl)cccc1CNCCCN. The summed E-state index contributed by atoms with van der Waals surface area (Å²) in [4.78, 5) is 0. The lowest BCUT2D eigenvalue weighted by atomic mass is 10.1. The van der Waals surface area contributed by atoms with Crippen molar-refractivity contribution in [1.82, 2.24) is 5.32 Å². The maximum Gasteiger partial charge on any atom is 0.0438 e. The van der Waals surface area contributed by atoms with E-state index in [0.717, 1.165) is 36.6 Å². The number of halogens is 1. The highest BCUT2D eigenvalue weighted by Crippen LogP contribution is 2.18. The van der Waals surface area contributed by atoms with Crippen LogP contribution in [0.4, 0.5) is 0 Å². The summed E-state index contributed by atoms with van der Waals surface area (Å²) in [5.41, 5.74) is 7.82. The van der Waals surface area contributed by atoms with Gasteiger partial charge in [-0.1, -0.05) is 23.7 Å². The maximum absolute atomic E-state index is 6.01. The molecule has 0 aliphatic rings. The van der Waals surface area contributed by atoms with Crippen LogP contribution in [0.15, 0.2) is 18.2 Å². The van der Waals surface area contributed by atoms with Gasteiger partial charge in [0, 0.05) is 11.6 Å². The number of benzene rings is 1. The van der Waals surface area contributed by atoms with E-state index in [1.54, 1.807) is 0 Å². The summed E-state index contributed by atoms with van der Waals surface area (Å²) in [6, 6.07) is 5.99. The van der Waals surface area contributed by atoms with Crippen LogP contribution in [0.1, 0.15) is 17.5 Å². The predicted octanol–water partition coefficient (Wildman–Crippen LogP) is 2.09. The van der Waals surface area contributed by atoms with Gasteiger partial charge in [-0.25, -0.2) is 0 Å². The van der Waals surface area contributed by atoms with Crippen molar-refractivity contribution in [2.24, 2.45) is 5.73 Å². The van der Waals surface area contributed by atoms with Crippen LogP contribution in [-0.4, -0.2) is 13.1 Å². The van der Waals surface area contributed by atoms with Gasteiger partial charge in [-0.2, -0.15) is 0 Å². The first-order chi connectivity index (χ1) is 6.75. The number of nitrogens with two attached hydrogens (primary N) is 1. The monoisotopic (exact) mass is 212 g/mol. The lowest BCUT2D eigenvalue weighted by Crippen LogP contribution is -2.18. The van der Waals surface area contributed by atoms with E-state index in [9.17, 15) is 0 Å². The molecule has 0 bridgehead atoms. The van der Waals surface area contributed by atoms with Crippen molar-refractivity contribution in [2.75, 3.05) is 13.1 Å². The van der Waals surface area contributed by atoms with Gasteiger partial charge in [-0.15, -0.1) is 0 Å². The molecule has 0 aliphatic heterocycles. The average Bonchev–Trinajstić information content (AvgIpc) is 2.19. The molecule has 1 rings (SSSR count). The molecule has 1 aromatic carbocycles. The summed E-state index contributed by atoms with van der Waals surface area (Å²) in [6.45, 7) is 4.61. The molecule has 0 spiro atoms. The van der Waals surface area contributed by atoms with Crippen LogP contribution >= 0.6 is 11.6 Å². The standard InChI is InChI=1S/C11H17ClN2/c1-9-10(4-2-5-11(9)12)8-14-7-3-6-13/h2,4-5,14H,3,6-8,13H2,1H3. The van der Waals surface area contributed by atoms with Gasteiger partial charge in [0.05, 0.1) is 0 Å². The molecule has 2 nitrogen and oxygen atoms in total. The van der Waals surface area contributed by atoms with E-state index in [1.807, 2.05) is 19.1 Å². The second-order valence-corrected chi connectivity index (χ2v) is 3.75. The van der Waals surface area contributed by atoms with Crippen molar-refractivity contribution in [2.45, 2.75) is 19.9 Å². The van der Waals surface area contributed by atoms with Gasteiger partial charge in [0.1, 0.15) is 0 Å². The Balaban J connectivity index is 2.46. The summed E-state index contributed by atoms with van der Waals surface area (Å²) >= 11 is 6.01. The van der Waals surface area contributed by atoms with Gasteiger partial charge < -0.3 is 11.1 Å². The Morgan fingerprint density at radius 2 is 2.21 bits per heavy atom. The van der Waals surface area contributed by atoms with Crippen molar-refractivity contribution in [3.05, 3.63) is 34.3 Å². The van der Waals surface area contributed by atoms with E-state index in [1.165, 1.54) is 5.56 Å². The Morgan fingerprint density at radius 3 is 2.93 bits per heavy atom. The van der Waals surface area contributed by atoms with Crippen molar-refractivity contribution in [1.29, 1.82) is 0 Å². The van der Waals surface area contributed by atoms with Gasteiger partial charge in [-0.05, 0) is 43.6 Å². The van der Waals surface area contributed by atoms with E-state index < -0.39 is 0 Å². The fourth-order valence-electron chi connectivity index (χ4n) is 1.29. The highest BCUT2D eigenvalue weighted by molar-refractivity contribution is 6.31. The zero-order chi connectivity index (χ0) is 10.4. The van der Waals surface area contributed by atoms with E-state index in [0.29, 0.717) is 0 Å². The Morgan fingerprint density at radius 1 is 1.43 bits per heavy atom. The molecule has 0 aliphatic carbocycles. The lowest BCUT2D eigenvalue weighted by molar-refractivity contribution is 0.654. The Bertz CT molecular complexity index is 287. The van der Waals surface area contributed by atoms with Crippen LogP contribution in [0.5, 0.6) is 0 Å². The number of rotatable bonds is 5. The van der Waals surface area contributed by atoms with Crippen LogP contribution in [-0.2, 0) is 6.54 Å². The van der Waals surface area contributed by atoms with Crippen LogP contribution < -0.4 is 11.1 Å². The molecule has 3 N–H and O–H groups in total. The lowest BCUT2D eigenvalue weighted by Gasteiger charge is -2.08. The molecule has 0 amide bonds. The molecule has 0 fully saturated rings. The fraction of sp³-hybridized carbons (Fsp3) is 0.455. The first-order valence-corrected chi connectivity index (χ1v) is 5.28. The third-order valence-electron chi connectivity index (χ3n) is 2.25. The molecular weight excluding hydrogens is 196 g/mol. The summed E-state index contributed by atoms with van der Waals surface area (Å²) in [7, 11) is 0. The van der Waals surface area contributed by atoms with Crippen LogP contribution in [0.3, 0.4) is 0 Å². The topological polar surface area (TPSA) is 38.0 Å². The maximum atomic E-state index is 6.01. The van der Waals surface area contributed by atoms with Gasteiger partial charge in [0.2, 0.25) is 0 Å². The minimum absolute atomic E-state index is 0.738. The molecular formula is C11H17ClN2. The normalized spacial score (nSPS) is 10.5. The molecule has 0 saturated carbocycles. The highest BCUT2D eigenvalue weighted by Gasteiger charge is 2.00. The van der Waals surface area contributed by atoms with Crippen molar-refractivity contribution in [3.8, 4) is 0 Å². The molecule has 0 radical (unpaired) electrons. The van der Waals surface area contributed by atoms with Crippen LogP contribution in [0, 0.1) is 6.92 Å². The first kappa shape index (κ1) is 11.5. The van der Waals surface area contributed by atoms with E-state index in [4.69, 9.17) is 17.3 Å². The molecule has 0 heterocycles. The van der Waals surface area contributed by atoms with E-state index in [2.05, 4.69) is 11.4 Å². The van der Waals surface area contributed by atoms with Gasteiger partial charge in [0.25, 0.3) is 0 Å². The van der Waals surface area contributed by atoms with Crippen molar-refractivity contribution >= 4 is 11.6 Å². The van der Waals surface area contributed by atoms with Gasteiger partial charge in [0.15, 0.2) is 0 Å². The predicted molar refractivity (Wildman–Crippen MR) is 61.6 cm³/mol. The first-order valence-electron chi connectivity index (χ1n) is 4.90. The second-order valence-electron chi connectivity index (χ2n) is 3.34. The fourth-order valence-corrected chi connectivity index (χ4v) is 1.49. The summed E-state index contributed by atoms with van der Waals surface area (Å²) in [6.07, 6.45) is 1.01. The largest absolute Gasteiger partial charge is 0.330 e. The van der Waals surface area contributed by atoms with Crippen LogP contribution in [0.25, 0.3) is 0 Å². The van der Waals surface area contributed by atoms with Crippen molar-refractivity contribution in [3.63, 3.8) is 0 Å². The zero-order valence-corrected chi connectivity index (χ0v) is 9.27. The Kier molecular flexibility index (Phi) is 4.94. The number of hydrogen-bond acceptors (Lipinski definition) is 2. The second kappa shape index (κ2) is 6.02. The average molecular weight is 213 g/mol. The van der Waals surface area contributed by atoms with Gasteiger partial charge in [-0.3, -0.25) is 0 Å². The summed E-state index contributed by atoms with van der Waals surface area (Å²) < 4.78 is 0. The third kappa shape index (κ3) is 3.29. The minimum atomic E-state index is 0.738. The molecule has 0 unspecified atom stereocenters. The summed E-state index contributed by atoms with van der Waals surface area (Å²) in [5.74, 6) is 0. The smallest absolute Gasteiger partial charge is 0.0438 e. The molecule has 14 heavy (non-hydrogen) atoms. The number of hydrogen-bond donors (Lipinski definition) is 2. The van der Waals surface area contributed by atoms with E-state index in [-0.39, 0.29) is 0 Å². The minimum Gasteiger partial charge on any atom is -0.330 e. The van der Waals surface area contributed by atoms with Gasteiger partial charge >= 0.3 is 0 Å².